The predicted molar refractivity (Wildman–Crippen MR) is 115 cm³/mol. The van der Waals surface area contributed by atoms with E-state index in [0.29, 0.717) is 37.0 Å². The smallest absolute Gasteiger partial charge is 0.317 e. The molecular formula is C20H22N6O3S. The third-order valence-corrected chi connectivity index (χ3v) is 5.61. The molecule has 1 aliphatic heterocycles. The molecular weight excluding hydrogens is 404 g/mol. The second-order valence-corrected chi connectivity index (χ2v) is 7.81. The van der Waals surface area contributed by atoms with Gasteiger partial charge in [0.1, 0.15) is 5.69 Å². The standard InChI is InChI=1S/C20H22N6O3S/c27-17(24-19-21-7-12-30-19)5-6-22-20(29)26-10-8-25(9-11-26)18(28)16-13-14-3-1-2-4-15(14)23-16/h1-4,7,12-13,23H,5-6,8-11H2,(H,22,29)(H,21,24,27). The van der Waals surface area contributed by atoms with Crippen molar-refractivity contribution in [1.29, 1.82) is 0 Å². The Labute approximate surface area is 177 Å². The summed E-state index contributed by atoms with van der Waals surface area (Å²) in [6.45, 7) is 2.06. The van der Waals surface area contributed by atoms with E-state index >= 15 is 0 Å². The van der Waals surface area contributed by atoms with Crippen LogP contribution in [0, 0.1) is 0 Å². The fraction of sp³-hybridized carbons (Fsp3) is 0.300. The lowest BCUT2D eigenvalue weighted by molar-refractivity contribution is -0.116. The molecule has 3 N–H and O–H groups in total. The molecule has 30 heavy (non-hydrogen) atoms. The molecule has 1 aromatic carbocycles. The number of carbonyl (C=O) groups is 3. The van der Waals surface area contributed by atoms with Gasteiger partial charge in [-0.2, -0.15) is 0 Å². The zero-order valence-electron chi connectivity index (χ0n) is 16.3. The average molecular weight is 427 g/mol. The van der Waals surface area contributed by atoms with Crippen LogP contribution in [0.2, 0.25) is 0 Å². The minimum atomic E-state index is -0.227. The van der Waals surface area contributed by atoms with Crippen molar-refractivity contribution >= 4 is 45.2 Å². The normalized spacial score (nSPS) is 14.0. The maximum Gasteiger partial charge on any atom is 0.317 e. The lowest BCUT2D eigenvalue weighted by Crippen LogP contribution is -2.53. The van der Waals surface area contributed by atoms with Crippen molar-refractivity contribution in [2.45, 2.75) is 6.42 Å². The van der Waals surface area contributed by atoms with Crippen LogP contribution in [0.15, 0.2) is 41.9 Å². The number of carbonyl (C=O) groups excluding carboxylic acids is 3. The van der Waals surface area contributed by atoms with Gasteiger partial charge in [-0.1, -0.05) is 18.2 Å². The van der Waals surface area contributed by atoms with Crippen LogP contribution in [0.4, 0.5) is 9.93 Å². The van der Waals surface area contributed by atoms with Crippen molar-refractivity contribution in [3.8, 4) is 0 Å². The highest BCUT2D eigenvalue weighted by molar-refractivity contribution is 7.13. The molecule has 3 aromatic rings. The number of piperazine rings is 1. The minimum Gasteiger partial charge on any atom is -0.351 e. The molecule has 0 unspecified atom stereocenters. The highest BCUT2D eigenvalue weighted by Crippen LogP contribution is 2.17. The monoisotopic (exact) mass is 426 g/mol. The number of anilines is 1. The first-order valence-electron chi connectivity index (χ1n) is 9.69. The molecule has 0 atom stereocenters. The first-order chi connectivity index (χ1) is 14.6. The average Bonchev–Trinajstić information content (AvgIpc) is 3.42. The van der Waals surface area contributed by atoms with Crippen LogP contribution in [-0.4, -0.2) is 70.3 Å². The van der Waals surface area contributed by atoms with Gasteiger partial charge in [-0.3, -0.25) is 9.59 Å². The van der Waals surface area contributed by atoms with Gasteiger partial charge >= 0.3 is 6.03 Å². The van der Waals surface area contributed by atoms with E-state index in [1.54, 1.807) is 21.4 Å². The third kappa shape index (κ3) is 4.60. The lowest BCUT2D eigenvalue weighted by Gasteiger charge is -2.34. The van der Waals surface area contributed by atoms with Gasteiger partial charge in [0.15, 0.2) is 5.13 Å². The van der Waals surface area contributed by atoms with Crippen molar-refractivity contribution in [3.05, 3.63) is 47.6 Å². The fourth-order valence-electron chi connectivity index (χ4n) is 3.33. The number of aromatic amines is 1. The first kappa shape index (κ1) is 19.9. The maximum atomic E-state index is 12.8. The number of urea groups is 1. The van der Waals surface area contributed by atoms with Gasteiger partial charge in [0.05, 0.1) is 0 Å². The Morgan fingerprint density at radius 2 is 1.87 bits per heavy atom. The molecule has 0 spiro atoms. The van der Waals surface area contributed by atoms with E-state index in [1.807, 2.05) is 30.3 Å². The summed E-state index contributed by atoms with van der Waals surface area (Å²) in [6, 6.07) is 9.38. The van der Waals surface area contributed by atoms with E-state index in [2.05, 4.69) is 20.6 Å². The van der Waals surface area contributed by atoms with Crippen LogP contribution in [0.1, 0.15) is 16.9 Å². The summed E-state index contributed by atoms with van der Waals surface area (Å²) >= 11 is 1.34. The van der Waals surface area contributed by atoms with E-state index < -0.39 is 0 Å². The number of nitrogens with zero attached hydrogens (tertiary/aromatic N) is 3. The minimum absolute atomic E-state index is 0.0647. The Morgan fingerprint density at radius 3 is 2.60 bits per heavy atom. The van der Waals surface area contributed by atoms with Gasteiger partial charge in [0.25, 0.3) is 5.91 Å². The highest BCUT2D eigenvalue weighted by atomic mass is 32.1. The summed E-state index contributed by atoms with van der Waals surface area (Å²) in [5.41, 5.74) is 1.48. The van der Waals surface area contributed by atoms with E-state index in [9.17, 15) is 14.4 Å². The van der Waals surface area contributed by atoms with Gasteiger partial charge in [0, 0.05) is 61.6 Å². The van der Waals surface area contributed by atoms with E-state index in [1.165, 1.54) is 11.3 Å². The number of hydrogen-bond donors (Lipinski definition) is 3. The van der Waals surface area contributed by atoms with Gasteiger partial charge in [0.2, 0.25) is 5.91 Å². The number of benzene rings is 1. The molecule has 0 bridgehead atoms. The van der Waals surface area contributed by atoms with Crippen molar-refractivity contribution < 1.29 is 14.4 Å². The van der Waals surface area contributed by atoms with E-state index in [0.717, 1.165) is 10.9 Å². The topological polar surface area (TPSA) is 110 Å². The lowest BCUT2D eigenvalue weighted by atomic mass is 10.2. The molecule has 1 fully saturated rings. The van der Waals surface area contributed by atoms with Gasteiger partial charge in [-0.15, -0.1) is 11.3 Å². The van der Waals surface area contributed by atoms with Gasteiger partial charge in [-0.25, -0.2) is 9.78 Å². The number of rotatable bonds is 5. The number of fused-ring (bicyclic) bond motifs is 1. The zero-order valence-corrected chi connectivity index (χ0v) is 17.1. The van der Waals surface area contributed by atoms with Gasteiger partial charge in [-0.05, 0) is 12.1 Å². The number of thiazole rings is 1. The summed E-state index contributed by atoms with van der Waals surface area (Å²) in [7, 11) is 0. The summed E-state index contributed by atoms with van der Waals surface area (Å²) in [5.74, 6) is -0.260. The molecule has 0 saturated carbocycles. The number of H-pyrrole nitrogens is 1. The highest BCUT2D eigenvalue weighted by Gasteiger charge is 2.25. The van der Waals surface area contributed by atoms with Crippen molar-refractivity contribution in [2.75, 3.05) is 38.0 Å². The number of hydrogen-bond acceptors (Lipinski definition) is 5. The molecule has 10 heteroatoms. The summed E-state index contributed by atoms with van der Waals surface area (Å²) in [5, 5.41) is 8.75. The number of nitrogens with one attached hydrogen (secondary N) is 3. The molecule has 3 heterocycles. The van der Waals surface area contributed by atoms with Crippen LogP contribution in [-0.2, 0) is 4.79 Å². The Balaban J connectivity index is 1.21. The van der Waals surface area contributed by atoms with Gasteiger partial charge < -0.3 is 25.4 Å². The molecule has 4 amide bonds. The second-order valence-electron chi connectivity index (χ2n) is 6.92. The summed E-state index contributed by atoms with van der Waals surface area (Å²) in [4.78, 5) is 47.4. The number of para-hydroxylation sites is 1. The molecule has 9 nitrogen and oxygen atoms in total. The largest absolute Gasteiger partial charge is 0.351 e. The number of amides is 4. The van der Waals surface area contributed by atoms with Crippen LogP contribution < -0.4 is 10.6 Å². The summed E-state index contributed by atoms with van der Waals surface area (Å²) in [6.07, 6.45) is 1.79. The third-order valence-electron chi connectivity index (χ3n) is 4.92. The molecule has 1 aliphatic rings. The van der Waals surface area contributed by atoms with Crippen LogP contribution >= 0.6 is 11.3 Å². The molecule has 1 saturated heterocycles. The Bertz CT molecular complexity index is 1010. The van der Waals surface area contributed by atoms with Crippen molar-refractivity contribution in [1.82, 2.24) is 25.1 Å². The van der Waals surface area contributed by atoms with Crippen LogP contribution in [0.3, 0.4) is 0 Å². The quantitative estimate of drug-likeness (QED) is 0.580. The van der Waals surface area contributed by atoms with E-state index in [-0.39, 0.29) is 30.8 Å². The first-order valence-corrected chi connectivity index (χ1v) is 10.6. The molecule has 4 rings (SSSR count). The van der Waals surface area contributed by atoms with Crippen molar-refractivity contribution in [2.24, 2.45) is 0 Å². The molecule has 156 valence electrons. The van der Waals surface area contributed by atoms with Crippen LogP contribution in [0.25, 0.3) is 10.9 Å². The van der Waals surface area contributed by atoms with E-state index in [4.69, 9.17) is 0 Å². The maximum absolute atomic E-state index is 12.8. The fourth-order valence-corrected chi connectivity index (χ4v) is 3.88. The number of aromatic nitrogens is 2. The van der Waals surface area contributed by atoms with Crippen molar-refractivity contribution in [3.63, 3.8) is 0 Å². The molecule has 2 aromatic heterocycles. The Morgan fingerprint density at radius 1 is 1.10 bits per heavy atom. The Kier molecular flexibility index (Phi) is 5.94. The SMILES string of the molecule is O=C(CCNC(=O)N1CCN(C(=O)c2cc3ccccc3[nH]2)CC1)Nc1nccs1. The molecule has 0 aliphatic carbocycles. The molecule has 0 radical (unpaired) electrons. The second kappa shape index (κ2) is 8.95. The van der Waals surface area contributed by atoms with Crippen LogP contribution in [0.5, 0.6) is 0 Å². The summed E-state index contributed by atoms with van der Waals surface area (Å²) < 4.78 is 0. The zero-order chi connectivity index (χ0) is 20.9. The Hall–Kier alpha value is -3.40. The predicted octanol–water partition coefficient (Wildman–Crippen LogP) is 2.12.